The van der Waals surface area contributed by atoms with Crippen molar-refractivity contribution in [2.75, 3.05) is 12.0 Å². The number of hydrogen-bond donors (Lipinski definition) is 0. The second-order valence-electron chi connectivity index (χ2n) is 6.24. The van der Waals surface area contributed by atoms with E-state index in [2.05, 4.69) is 22.9 Å². The predicted molar refractivity (Wildman–Crippen MR) is 123 cm³/mol. The van der Waals surface area contributed by atoms with Crippen molar-refractivity contribution in [2.45, 2.75) is 26.4 Å². The second kappa shape index (κ2) is 9.11. The summed E-state index contributed by atoms with van der Waals surface area (Å²) in [6, 6.07) is 13.2. The van der Waals surface area contributed by atoms with E-state index in [-0.39, 0.29) is 12.0 Å². The topological polar surface area (TPSA) is 38.8 Å². The maximum absolute atomic E-state index is 12.9. The van der Waals surface area contributed by atoms with Gasteiger partial charge in [0.2, 0.25) is 0 Å². The molecule has 3 rings (SSSR count). The number of ether oxygens (including phenoxy) is 2. The Bertz CT molecular complexity index is 945. The Kier molecular flexibility index (Phi) is 6.80. The van der Waals surface area contributed by atoms with Gasteiger partial charge in [0.05, 0.1) is 23.8 Å². The predicted octanol–water partition coefficient (Wildman–Crippen LogP) is 6.04. The molecular formula is C21H20BrNO3S2. The monoisotopic (exact) mass is 477 g/mol. The van der Waals surface area contributed by atoms with Crippen molar-refractivity contribution in [3.8, 4) is 11.5 Å². The third kappa shape index (κ3) is 4.59. The molecule has 2 aromatic rings. The van der Waals surface area contributed by atoms with Crippen LogP contribution in [0.5, 0.6) is 11.5 Å². The molecule has 1 aliphatic rings. The number of carbonyl (C=O) groups is 1. The van der Waals surface area contributed by atoms with Gasteiger partial charge in [-0.25, -0.2) is 0 Å². The molecule has 1 fully saturated rings. The van der Waals surface area contributed by atoms with E-state index in [4.69, 9.17) is 21.7 Å². The van der Waals surface area contributed by atoms with Gasteiger partial charge in [0.1, 0.15) is 0 Å². The zero-order chi connectivity index (χ0) is 20.3. The Hall–Kier alpha value is -1.83. The summed E-state index contributed by atoms with van der Waals surface area (Å²) < 4.78 is 12.7. The fourth-order valence-electron chi connectivity index (χ4n) is 2.63. The summed E-state index contributed by atoms with van der Waals surface area (Å²) >= 11 is 10.2. The fraction of sp³-hybridized carbons (Fsp3) is 0.238. The molecule has 2 aromatic carbocycles. The van der Waals surface area contributed by atoms with E-state index in [1.807, 2.05) is 55.5 Å². The van der Waals surface area contributed by atoms with Gasteiger partial charge in [-0.15, -0.1) is 0 Å². The summed E-state index contributed by atoms with van der Waals surface area (Å²) in [6.07, 6.45) is 2.83. The number of anilines is 1. The van der Waals surface area contributed by atoms with Gasteiger partial charge in [-0.2, -0.15) is 0 Å². The molecule has 1 aliphatic heterocycles. The van der Waals surface area contributed by atoms with E-state index >= 15 is 0 Å². The lowest BCUT2D eigenvalue weighted by Crippen LogP contribution is -2.27. The van der Waals surface area contributed by atoms with Gasteiger partial charge in [0.15, 0.2) is 15.8 Å². The molecule has 0 unspecified atom stereocenters. The number of halogens is 1. The van der Waals surface area contributed by atoms with Gasteiger partial charge < -0.3 is 9.47 Å². The Morgan fingerprint density at radius 3 is 2.71 bits per heavy atom. The minimum absolute atomic E-state index is 0.0983. The third-order valence-corrected chi connectivity index (χ3v) is 6.04. The van der Waals surface area contributed by atoms with E-state index in [9.17, 15) is 4.79 Å². The van der Waals surface area contributed by atoms with Crippen LogP contribution in [-0.4, -0.2) is 23.4 Å². The quantitative estimate of drug-likeness (QED) is 0.374. The SMILES string of the molecule is CC[C@H](C)Oc1ccc(/C=C2\SC(=S)N(c3cccc(Br)c3)C2=O)cc1OC. The molecule has 7 heteroatoms. The standard InChI is InChI=1S/C21H20BrNO3S2/c1-4-13(2)26-17-9-8-14(10-18(17)25-3)11-19-20(24)23(21(27)28-19)16-7-5-6-15(22)12-16/h5-13H,4H2,1-3H3/b19-11-/t13-/m0/s1. The average molecular weight is 478 g/mol. The minimum atomic E-state index is -0.132. The van der Waals surface area contributed by atoms with Gasteiger partial charge >= 0.3 is 0 Å². The van der Waals surface area contributed by atoms with Gasteiger partial charge in [-0.3, -0.25) is 9.69 Å². The van der Waals surface area contributed by atoms with Crippen molar-refractivity contribution in [2.24, 2.45) is 0 Å². The van der Waals surface area contributed by atoms with Gasteiger partial charge in [0.25, 0.3) is 5.91 Å². The molecular weight excluding hydrogens is 458 g/mol. The number of amides is 1. The maximum Gasteiger partial charge on any atom is 0.270 e. The van der Waals surface area contributed by atoms with E-state index in [0.717, 1.165) is 22.1 Å². The third-order valence-electron chi connectivity index (χ3n) is 4.25. The Morgan fingerprint density at radius 1 is 1.25 bits per heavy atom. The molecule has 0 aromatic heterocycles. The number of methoxy groups -OCH3 is 1. The first kappa shape index (κ1) is 20.9. The summed E-state index contributed by atoms with van der Waals surface area (Å²) in [5.41, 5.74) is 1.60. The summed E-state index contributed by atoms with van der Waals surface area (Å²) in [7, 11) is 1.61. The van der Waals surface area contributed by atoms with Crippen molar-refractivity contribution in [1.82, 2.24) is 0 Å². The van der Waals surface area contributed by atoms with Crippen LogP contribution in [0.4, 0.5) is 5.69 Å². The summed E-state index contributed by atoms with van der Waals surface area (Å²) in [5.74, 6) is 1.19. The van der Waals surface area contributed by atoms with Crippen molar-refractivity contribution >= 4 is 61.9 Å². The van der Waals surface area contributed by atoms with Crippen molar-refractivity contribution in [3.05, 3.63) is 57.4 Å². The lowest BCUT2D eigenvalue weighted by Gasteiger charge is -2.16. The first-order chi connectivity index (χ1) is 13.4. The number of hydrogen-bond acceptors (Lipinski definition) is 5. The Balaban J connectivity index is 1.87. The van der Waals surface area contributed by atoms with Crippen LogP contribution < -0.4 is 14.4 Å². The zero-order valence-electron chi connectivity index (χ0n) is 15.8. The van der Waals surface area contributed by atoms with Gasteiger partial charge in [0, 0.05) is 4.47 Å². The normalized spacial score (nSPS) is 16.6. The van der Waals surface area contributed by atoms with Crippen LogP contribution in [0.2, 0.25) is 0 Å². The average Bonchev–Trinajstić information content (AvgIpc) is 2.95. The molecule has 0 aliphatic carbocycles. The van der Waals surface area contributed by atoms with E-state index in [0.29, 0.717) is 20.7 Å². The number of carbonyl (C=O) groups excluding carboxylic acids is 1. The van der Waals surface area contributed by atoms with E-state index in [1.165, 1.54) is 11.8 Å². The molecule has 0 radical (unpaired) electrons. The molecule has 4 nitrogen and oxygen atoms in total. The Morgan fingerprint density at radius 2 is 2.04 bits per heavy atom. The van der Waals surface area contributed by atoms with Crippen LogP contribution in [0.25, 0.3) is 6.08 Å². The number of benzene rings is 2. The highest BCUT2D eigenvalue weighted by Crippen LogP contribution is 2.38. The van der Waals surface area contributed by atoms with Gasteiger partial charge in [-0.05, 0) is 55.3 Å². The van der Waals surface area contributed by atoms with Crippen LogP contribution in [0.1, 0.15) is 25.8 Å². The molecule has 0 bridgehead atoms. The zero-order valence-corrected chi connectivity index (χ0v) is 19.0. The molecule has 1 saturated heterocycles. The number of thiocarbonyl (C=S) groups is 1. The van der Waals surface area contributed by atoms with Crippen LogP contribution in [-0.2, 0) is 4.79 Å². The Labute approximate surface area is 183 Å². The number of thioether (sulfide) groups is 1. The molecule has 1 atom stereocenters. The van der Waals surface area contributed by atoms with Crippen LogP contribution in [0.15, 0.2) is 51.8 Å². The highest BCUT2D eigenvalue weighted by Gasteiger charge is 2.33. The van der Waals surface area contributed by atoms with Crippen LogP contribution in [0, 0.1) is 0 Å². The van der Waals surface area contributed by atoms with Crippen molar-refractivity contribution in [3.63, 3.8) is 0 Å². The first-order valence-corrected chi connectivity index (χ1v) is 10.8. The van der Waals surface area contributed by atoms with Crippen molar-refractivity contribution < 1.29 is 14.3 Å². The lowest BCUT2D eigenvalue weighted by atomic mass is 10.1. The molecule has 0 saturated carbocycles. The lowest BCUT2D eigenvalue weighted by molar-refractivity contribution is -0.113. The smallest absolute Gasteiger partial charge is 0.270 e. The number of nitrogens with zero attached hydrogens (tertiary/aromatic N) is 1. The molecule has 1 amide bonds. The molecule has 1 heterocycles. The highest BCUT2D eigenvalue weighted by atomic mass is 79.9. The van der Waals surface area contributed by atoms with E-state index < -0.39 is 0 Å². The maximum atomic E-state index is 12.9. The summed E-state index contributed by atoms with van der Waals surface area (Å²) in [6.45, 7) is 4.08. The molecule has 0 N–H and O–H groups in total. The van der Waals surface area contributed by atoms with E-state index in [1.54, 1.807) is 12.0 Å². The molecule has 28 heavy (non-hydrogen) atoms. The number of rotatable bonds is 6. The summed E-state index contributed by atoms with van der Waals surface area (Å²) in [5, 5.41) is 0. The van der Waals surface area contributed by atoms with Gasteiger partial charge in [-0.1, -0.05) is 59.0 Å². The molecule has 146 valence electrons. The largest absolute Gasteiger partial charge is 0.493 e. The van der Waals surface area contributed by atoms with Crippen molar-refractivity contribution in [1.29, 1.82) is 0 Å². The minimum Gasteiger partial charge on any atom is -0.493 e. The van der Waals surface area contributed by atoms with Crippen LogP contribution >= 0.6 is 39.9 Å². The summed E-state index contributed by atoms with van der Waals surface area (Å²) in [4.78, 5) is 15.0. The second-order valence-corrected chi connectivity index (χ2v) is 8.84. The fourth-order valence-corrected chi connectivity index (χ4v) is 4.31. The first-order valence-electron chi connectivity index (χ1n) is 8.81. The highest BCUT2D eigenvalue weighted by molar-refractivity contribution is 9.10. The molecule has 0 spiro atoms. The van der Waals surface area contributed by atoms with Crippen LogP contribution in [0.3, 0.4) is 0 Å².